The van der Waals surface area contributed by atoms with Gasteiger partial charge in [-0.25, -0.2) is 14.4 Å². The predicted octanol–water partition coefficient (Wildman–Crippen LogP) is 0.915. The van der Waals surface area contributed by atoms with Gasteiger partial charge in [0, 0.05) is 68.1 Å². The maximum atomic E-state index is 14.0. The molecule has 5 aliphatic heterocycles. The van der Waals surface area contributed by atoms with E-state index in [0.29, 0.717) is 11.3 Å². The molecule has 1 spiro atoms. The number of aliphatic hydroxyl groups is 1. The minimum Gasteiger partial charge on any atom is -1.00 e. The number of quaternary nitrogens is 1. The zero-order chi connectivity index (χ0) is 37.9. The van der Waals surface area contributed by atoms with Crippen LogP contribution >= 0.6 is 0 Å². The molecule has 298 valence electrons. The number of benzene rings is 1. The summed E-state index contributed by atoms with van der Waals surface area (Å²) in [5, 5.41) is 12.0. The average Bonchev–Trinajstić information content (AvgIpc) is 3.78. The van der Waals surface area contributed by atoms with Crippen LogP contribution < -0.4 is 17.0 Å². The van der Waals surface area contributed by atoms with Crippen LogP contribution in [0.1, 0.15) is 60.5 Å². The van der Waals surface area contributed by atoms with Gasteiger partial charge in [-0.1, -0.05) is 50.3 Å². The molecule has 5 fully saturated rings. The molecule has 6 bridgehead atoms. The van der Waals surface area contributed by atoms with E-state index in [2.05, 4.69) is 16.0 Å². The first kappa shape index (κ1) is 39.9. The quantitative estimate of drug-likeness (QED) is 0.171. The first-order chi connectivity index (χ1) is 25.9. The molecule has 7 aliphatic rings. The lowest BCUT2D eigenvalue weighted by Crippen LogP contribution is -3.00. The Labute approximate surface area is 333 Å². The molecule has 2 aliphatic carbocycles. The van der Waals surface area contributed by atoms with Crippen LogP contribution in [-0.4, -0.2) is 126 Å². The number of esters is 3. The Bertz CT molecular complexity index is 1790. The zero-order valence-corrected chi connectivity index (χ0v) is 33.9. The van der Waals surface area contributed by atoms with E-state index >= 15 is 0 Å². The van der Waals surface area contributed by atoms with Crippen molar-refractivity contribution in [2.24, 2.45) is 29.6 Å². The molecule has 9 rings (SSSR count). The topological polar surface area (TPSA) is 137 Å². The molecule has 12 atom stereocenters. The molecule has 0 radical (unpaired) electrons. The molecule has 4 saturated heterocycles. The number of H-pyrrole nitrogens is 1. The van der Waals surface area contributed by atoms with Gasteiger partial charge in [0.1, 0.15) is 42.3 Å². The van der Waals surface area contributed by atoms with Gasteiger partial charge in [0.25, 0.3) is 0 Å². The van der Waals surface area contributed by atoms with E-state index in [0.717, 1.165) is 61.4 Å². The summed E-state index contributed by atoms with van der Waals surface area (Å²) in [6.07, 6.45) is 3.38. The second kappa shape index (κ2) is 15.5. The van der Waals surface area contributed by atoms with Gasteiger partial charge < -0.3 is 55.2 Å². The number of carbonyl (C=O) groups excluding carboxylic acids is 3. The van der Waals surface area contributed by atoms with E-state index in [1.54, 1.807) is 25.3 Å². The fraction of sp³-hybridized carbons (Fsp3) is 0.595. The third-order valence-corrected chi connectivity index (χ3v) is 13.6. The number of halogens is 1. The van der Waals surface area contributed by atoms with Crippen molar-refractivity contribution in [3.05, 3.63) is 83.2 Å². The number of aliphatic hydroxyl groups excluding tert-OH is 1. The van der Waals surface area contributed by atoms with Crippen LogP contribution in [0.3, 0.4) is 0 Å². The van der Waals surface area contributed by atoms with Gasteiger partial charge in [-0.05, 0) is 44.0 Å². The predicted molar refractivity (Wildman–Crippen MR) is 197 cm³/mol. The number of hydrogen-bond acceptors (Lipinski definition) is 10. The highest BCUT2D eigenvalue weighted by Crippen LogP contribution is 2.61. The summed E-state index contributed by atoms with van der Waals surface area (Å²) in [4.78, 5) is 46.5. The second-order valence-electron chi connectivity index (χ2n) is 16.6. The number of piperazine rings is 3. The van der Waals surface area contributed by atoms with Crippen molar-refractivity contribution in [2.75, 3.05) is 46.4 Å². The van der Waals surface area contributed by atoms with Gasteiger partial charge >= 0.3 is 17.9 Å². The summed E-state index contributed by atoms with van der Waals surface area (Å²) < 4.78 is 32.4. The maximum Gasteiger partial charge on any atom is 0.355 e. The molecule has 55 heavy (non-hydrogen) atoms. The van der Waals surface area contributed by atoms with E-state index in [9.17, 15) is 19.5 Å². The van der Waals surface area contributed by atoms with Crippen molar-refractivity contribution in [3.63, 3.8) is 0 Å². The third kappa shape index (κ3) is 6.92. The van der Waals surface area contributed by atoms with Gasteiger partial charge in [-0.2, -0.15) is 0 Å². The molecule has 6 heterocycles. The largest absolute Gasteiger partial charge is 1.00 e. The lowest BCUT2D eigenvalue weighted by molar-refractivity contribution is -0.953. The summed E-state index contributed by atoms with van der Waals surface area (Å²) in [5.41, 5.74) is 1.70. The van der Waals surface area contributed by atoms with Crippen molar-refractivity contribution < 1.29 is 64.6 Å². The number of nitrogens with one attached hydrogen (secondary N) is 1. The van der Waals surface area contributed by atoms with Gasteiger partial charge in [0.05, 0.1) is 31.3 Å². The van der Waals surface area contributed by atoms with Crippen LogP contribution in [0.5, 0.6) is 0 Å². The molecule has 1 saturated carbocycles. The normalized spacial score (nSPS) is 40.4. The Morgan fingerprint density at radius 1 is 1.07 bits per heavy atom. The molecular formula is C42H54BrN3O9. The van der Waals surface area contributed by atoms with Crippen molar-refractivity contribution in [1.82, 2.24) is 9.88 Å². The number of carbonyl (C=O) groups is 3. The van der Waals surface area contributed by atoms with Crippen molar-refractivity contribution in [3.8, 4) is 0 Å². The Hall–Kier alpha value is -3.33. The smallest absolute Gasteiger partial charge is 0.355 e. The molecule has 2 N–H and O–H groups in total. The first-order valence-corrected chi connectivity index (χ1v) is 19.6. The molecule has 1 unspecified atom stereocenters. The molecule has 12 nitrogen and oxygen atoms in total. The SMILES string of the molecule is CO[C@H]1CC2C=C[C@H]3[C@H]4O[C@]2(/C(C)=C/[C@@H](C)[C@@H]([C@@H](C)OC(=O)c2ccccc2C[N+]25CCN(CC2)CC5)OC1=O)[C@@H]3[C@H](O)[C@@H](C)[C@H]4OC(=O)c1ccc[nH]1.[Br-]. The minimum absolute atomic E-state index is 0. The minimum atomic E-state index is -1.01. The summed E-state index contributed by atoms with van der Waals surface area (Å²) in [6.45, 7) is 14.8. The molecule has 1 aromatic heterocycles. The van der Waals surface area contributed by atoms with E-state index in [4.69, 9.17) is 23.7 Å². The lowest BCUT2D eigenvalue weighted by Gasteiger charge is -2.50. The number of fused-ring (bicyclic) bond motifs is 3. The Kier molecular flexibility index (Phi) is 11.3. The summed E-state index contributed by atoms with van der Waals surface area (Å²) in [7, 11) is 1.48. The van der Waals surface area contributed by atoms with Crippen LogP contribution in [0.4, 0.5) is 0 Å². The number of hydrogen-bond donors (Lipinski definition) is 2. The molecule has 2 aromatic rings. The molecule has 1 aromatic carbocycles. The lowest BCUT2D eigenvalue weighted by atomic mass is 9.57. The number of methoxy groups -OCH3 is 1. The van der Waals surface area contributed by atoms with E-state index < -0.39 is 72.0 Å². The highest BCUT2D eigenvalue weighted by molar-refractivity contribution is 5.91. The third-order valence-electron chi connectivity index (χ3n) is 13.6. The summed E-state index contributed by atoms with van der Waals surface area (Å²) >= 11 is 0. The number of ether oxygens (including phenoxy) is 5. The average molecular weight is 825 g/mol. The highest BCUT2D eigenvalue weighted by atomic mass is 79.9. The fourth-order valence-corrected chi connectivity index (χ4v) is 10.6. The van der Waals surface area contributed by atoms with Crippen molar-refractivity contribution in [1.29, 1.82) is 0 Å². The van der Waals surface area contributed by atoms with Gasteiger partial charge in [0.2, 0.25) is 0 Å². The summed E-state index contributed by atoms with van der Waals surface area (Å²) in [5.74, 6) is -3.25. The number of aromatic amines is 1. The monoisotopic (exact) mass is 823 g/mol. The molecular weight excluding hydrogens is 770 g/mol. The van der Waals surface area contributed by atoms with Gasteiger partial charge in [-0.15, -0.1) is 0 Å². The van der Waals surface area contributed by atoms with Crippen LogP contribution in [0.2, 0.25) is 0 Å². The fourth-order valence-electron chi connectivity index (χ4n) is 10.6. The number of nitrogens with zero attached hydrogens (tertiary/aromatic N) is 2. The second-order valence-corrected chi connectivity index (χ2v) is 16.6. The van der Waals surface area contributed by atoms with Crippen LogP contribution in [0.15, 0.2) is 66.4 Å². The van der Waals surface area contributed by atoms with Crippen LogP contribution in [0.25, 0.3) is 0 Å². The Morgan fingerprint density at radius 3 is 2.49 bits per heavy atom. The van der Waals surface area contributed by atoms with E-state index in [1.165, 1.54) is 7.11 Å². The van der Waals surface area contributed by atoms with Crippen LogP contribution in [-0.2, 0) is 35.0 Å². The van der Waals surface area contributed by atoms with E-state index in [1.807, 2.05) is 57.2 Å². The Balaban J connectivity index is 0.00000465. The van der Waals surface area contributed by atoms with E-state index in [-0.39, 0.29) is 41.2 Å². The summed E-state index contributed by atoms with van der Waals surface area (Å²) in [6, 6.07) is 11.1. The molecule has 13 heteroatoms. The van der Waals surface area contributed by atoms with Gasteiger partial charge in [-0.3, -0.25) is 4.90 Å². The highest BCUT2D eigenvalue weighted by Gasteiger charge is 2.69. The Morgan fingerprint density at radius 2 is 1.80 bits per heavy atom. The maximum absolute atomic E-state index is 14.0. The zero-order valence-electron chi connectivity index (χ0n) is 32.3. The van der Waals surface area contributed by atoms with Crippen molar-refractivity contribution >= 4 is 17.9 Å². The number of aromatic nitrogens is 1. The van der Waals surface area contributed by atoms with Crippen LogP contribution in [0, 0.1) is 29.6 Å². The van der Waals surface area contributed by atoms with Gasteiger partial charge in [0.15, 0.2) is 6.10 Å². The number of rotatable bonds is 8. The van der Waals surface area contributed by atoms with Crippen molar-refractivity contribution in [2.45, 2.75) is 82.9 Å². The molecule has 0 amide bonds. The first-order valence-electron chi connectivity index (χ1n) is 19.6. The standard InChI is InChI=1S/C42H53N3O9.BrH/c1-24-21-25(2)42-29(12-13-31-34(42)35(46)26(3)37(38(31)54-42)53-40(48)32-11-8-14-43-32)22-33(50-5)41(49)52-36(24)27(4)51-39(47)30-10-7-6-9-28(30)23-45-18-15-44(16-19-45)17-20-45;/h6-14,21,24,26-27,29,31,33-38,46H,15-20,22-23H2,1-5H3;1H/b25-21+;/t24-,26-,27-,29?,31-,33+,34+,35-,36+,37-,38-,42+;/m1./s1. The number of cyclic esters (lactones) is 1.